The Kier molecular flexibility index (Phi) is 7.09. The van der Waals surface area contributed by atoms with Gasteiger partial charge in [-0.25, -0.2) is 0 Å². The molecule has 0 saturated carbocycles. The minimum absolute atomic E-state index is 0.0376. The number of ether oxygens (including phenoxy) is 1. The minimum Gasteiger partial charge on any atom is -0.494 e. The Balaban J connectivity index is 2.53. The van der Waals surface area contributed by atoms with Crippen LogP contribution < -0.4 is 10.1 Å². The van der Waals surface area contributed by atoms with Gasteiger partial charge in [-0.2, -0.15) is 0 Å². The van der Waals surface area contributed by atoms with Gasteiger partial charge in [-0.1, -0.05) is 20.3 Å². The van der Waals surface area contributed by atoms with Gasteiger partial charge in [-0.05, 0) is 43.5 Å². The predicted octanol–water partition coefficient (Wildman–Crippen LogP) is 2.61. The van der Waals surface area contributed by atoms with Crippen molar-refractivity contribution in [2.75, 3.05) is 13.2 Å². The second kappa shape index (κ2) is 8.59. The largest absolute Gasteiger partial charge is 0.494 e. The zero-order valence-electron chi connectivity index (χ0n) is 12.6. The fourth-order valence-corrected chi connectivity index (χ4v) is 1.63. The molecular weight excluding hydrogens is 254 g/mol. The van der Waals surface area contributed by atoms with Crippen molar-refractivity contribution < 1.29 is 14.6 Å². The smallest absolute Gasteiger partial charge is 0.251 e. The first-order valence-corrected chi connectivity index (χ1v) is 7.23. The summed E-state index contributed by atoms with van der Waals surface area (Å²) >= 11 is 0. The Labute approximate surface area is 121 Å². The Morgan fingerprint density at radius 1 is 1.30 bits per heavy atom. The van der Waals surface area contributed by atoms with Gasteiger partial charge in [0.05, 0.1) is 6.61 Å². The Bertz CT molecular complexity index is 403. The third-order valence-electron chi connectivity index (χ3n) is 3.38. The van der Waals surface area contributed by atoms with E-state index in [9.17, 15) is 4.79 Å². The second-order valence-electron chi connectivity index (χ2n) is 5.15. The topological polar surface area (TPSA) is 58.6 Å². The molecule has 4 heteroatoms. The van der Waals surface area contributed by atoms with Crippen LogP contribution in [-0.4, -0.2) is 30.3 Å². The number of hydrogen-bond acceptors (Lipinski definition) is 3. The highest BCUT2D eigenvalue weighted by atomic mass is 16.5. The average Bonchev–Trinajstić information content (AvgIpc) is 2.47. The first kappa shape index (κ1) is 16.5. The first-order chi connectivity index (χ1) is 9.58. The quantitative estimate of drug-likeness (QED) is 0.719. The number of carbonyl (C=O) groups is 1. The van der Waals surface area contributed by atoms with Crippen LogP contribution in [0.3, 0.4) is 0 Å². The van der Waals surface area contributed by atoms with Crippen LogP contribution in [0.25, 0.3) is 0 Å². The molecule has 4 nitrogen and oxygen atoms in total. The number of hydrogen-bond donors (Lipinski definition) is 2. The fraction of sp³-hybridized carbons (Fsp3) is 0.562. The van der Waals surface area contributed by atoms with Gasteiger partial charge in [0.2, 0.25) is 0 Å². The molecule has 0 aliphatic rings. The summed E-state index contributed by atoms with van der Waals surface area (Å²) in [6.45, 7) is 6.67. The molecule has 2 N–H and O–H groups in total. The maximum Gasteiger partial charge on any atom is 0.251 e. The number of amides is 1. The lowest BCUT2D eigenvalue weighted by Gasteiger charge is -2.19. The zero-order valence-corrected chi connectivity index (χ0v) is 12.6. The van der Waals surface area contributed by atoms with Crippen molar-refractivity contribution in [3.05, 3.63) is 29.8 Å². The van der Waals surface area contributed by atoms with Crippen LogP contribution >= 0.6 is 0 Å². The number of aliphatic hydroxyl groups excluding tert-OH is 1. The normalized spacial score (nSPS) is 13.6. The van der Waals surface area contributed by atoms with E-state index in [4.69, 9.17) is 9.84 Å². The van der Waals surface area contributed by atoms with Crippen molar-refractivity contribution in [1.82, 2.24) is 5.32 Å². The van der Waals surface area contributed by atoms with Crippen LogP contribution in [-0.2, 0) is 0 Å². The standard InChI is InChI=1S/C16H25NO3/c1-4-5-10-20-15-8-6-14(7-9-15)16(19)17-13(3)12(2)11-18/h6-9,12-13,18H,4-5,10-11H2,1-3H3,(H,17,19). The van der Waals surface area contributed by atoms with Gasteiger partial charge < -0.3 is 15.2 Å². The van der Waals surface area contributed by atoms with Crippen LogP contribution in [0.15, 0.2) is 24.3 Å². The average molecular weight is 279 g/mol. The molecule has 1 aromatic rings. The number of carbonyl (C=O) groups excluding carboxylic acids is 1. The van der Waals surface area contributed by atoms with Crippen molar-refractivity contribution in [2.45, 2.75) is 39.7 Å². The maximum atomic E-state index is 12.0. The highest BCUT2D eigenvalue weighted by molar-refractivity contribution is 5.94. The highest BCUT2D eigenvalue weighted by Crippen LogP contribution is 2.13. The summed E-state index contributed by atoms with van der Waals surface area (Å²) in [6.07, 6.45) is 2.13. The molecule has 0 heterocycles. The van der Waals surface area contributed by atoms with Crippen LogP contribution in [0.5, 0.6) is 5.75 Å². The number of benzene rings is 1. The van der Waals surface area contributed by atoms with Gasteiger partial charge in [0, 0.05) is 18.2 Å². The second-order valence-corrected chi connectivity index (χ2v) is 5.15. The fourth-order valence-electron chi connectivity index (χ4n) is 1.63. The lowest BCUT2D eigenvalue weighted by molar-refractivity contribution is 0.0916. The number of nitrogens with one attached hydrogen (secondary N) is 1. The zero-order chi connectivity index (χ0) is 15.0. The van der Waals surface area contributed by atoms with Gasteiger partial charge in [0.15, 0.2) is 0 Å². The molecular formula is C16H25NO3. The molecule has 20 heavy (non-hydrogen) atoms. The van der Waals surface area contributed by atoms with Crippen LogP contribution in [0.2, 0.25) is 0 Å². The van der Waals surface area contributed by atoms with Crippen LogP contribution in [0, 0.1) is 5.92 Å². The van der Waals surface area contributed by atoms with Crippen molar-refractivity contribution >= 4 is 5.91 Å². The summed E-state index contributed by atoms with van der Waals surface area (Å²) in [5.74, 6) is 0.695. The molecule has 1 aromatic carbocycles. The third kappa shape index (κ3) is 5.21. The van der Waals surface area contributed by atoms with Gasteiger partial charge in [0.1, 0.15) is 5.75 Å². The summed E-state index contributed by atoms with van der Waals surface area (Å²) in [5, 5.41) is 11.9. The van der Waals surface area contributed by atoms with Gasteiger partial charge >= 0.3 is 0 Å². The molecule has 1 amide bonds. The molecule has 0 bridgehead atoms. The van der Waals surface area contributed by atoms with E-state index in [0.29, 0.717) is 12.2 Å². The van der Waals surface area contributed by atoms with Gasteiger partial charge in [0.25, 0.3) is 5.91 Å². The van der Waals surface area contributed by atoms with Crippen molar-refractivity contribution in [2.24, 2.45) is 5.92 Å². The Morgan fingerprint density at radius 3 is 2.50 bits per heavy atom. The van der Waals surface area contributed by atoms with E-state index in [0.717, 1.165) is 18.6 Å². The van der Waals surface area contributed by atoms with E-state index in [1.54, 1.807) is 12.1 Å². The molecule has 0 radical (unpaired) electrons. The molecule has 112 valence electrons. The summed E-state index contributed by atoms with van der Waals surface area (Å²) in [7, 11) is 0. The van der Waals surface area contributed by atoms with Crippen LogP contribution in [0.4, 0.5) is 0 Å². The number of rotatable bonds is 8. The SMILES string of the molecule is CCCCOc1ccc(C(=O)NC(C)C(C)CO)cc1. The first-order valence-electron chi connectivity index (χ1n) is 7.23. The van der Waals surface area contributed by atoms with Crippen molar-refractivity contribution in [3.8, 4) is 5.75 Å². The van der Waals surface area contributed by atoms with E-state index in [1.165, 1.54) is 0 Å². The molecule has 2 unspecified atom stereocenters. The summed E-state index contributed by atoms with van der Waals surface area (Å²) in [6, 6.07) is 7.07. The minimum atomic E-state index is -0.127. The maximum absolute atomic E-state index is 12.0. The van der Waals surface area contributed by atoms with E-state index in [1.807, 2.05) is 26.0 Å². The molecule has 0 aromatic heterocycles. The molecule has 1 rings (SSSR count). The van der Waals surface area contributed by atoms with E-state index >= 15 is 0 Å². The van der Waals surface area contributed by atoms with Gasteiger partial charge in [-0.15, -0.1) is 0 Å². The molecule has 0 fully saturated rings. The van der Waals surface area contributed by atoms with Crippen molar-refractivity contribution in [1.29, 1.82) is 0 Å². The Hall–Kier alpha value is -1.55. The Morgan fingerprint density at radius 2 is 1.95 bits per heavy atom. The highest BCUT2D eigenvalue weighted by Gasteiger charge is 2.14. The molecule has 0 aliphatic carbocycles. The predicted molar refractivity (Wildman–Crippen MR) is 80.0 cm³/mol. The summed E-state index contributed by atoms with van der Waals surface area (Å²) < 4.78 is 5.55. The van der Waals surface area contributed by atoms with Crippen LogP contribution in [0.1, 0.15) is 44.0 Å². The summed E-state index contributed by atoms with van der Waals surface area (Å²) in [4.78, 5) is 12.0. The van der Waals surface area contributed by atoms with Gasteiger partial charge in [-0.3, -0.25) is 4.79 Å². The summed E-state index contributed by atoms with van der Waals surface area (Å²) in [5.41, 5.74) is 0.602. The number of aliphatic hydroxyl groups is 1. The molecule has 0 aliphatic heterocycles. The lowest BCUT2D eigenvalue weighted by Crippen LogP contribution is -2.38. The lowest BCUT2D eigenvalue weighted by atomic mass is 10.0. The van der Waals surface area contributed by atoms with E-state index < -0.39 is 0 Å². The molecule has 0 saturated heterocycles. The van der Waals surface area contributed by atoms with E-state index in [2.05, 4.69) is 12.2 Å². The third-order valence-corrected chi connectivity index (χ3v) is 3.38. The molecule has 0 spiro atoms. The molecule has 2 atom stereocenters. The van der Waals surface area contributed by atoms with Crippen molar-refractivity contribution in [3.63, 3.8) is 0 Å². The van der Waals surface area contributed by atoms with E-state index in [-0.39, 0.29) is 24.5 Å². The monoisotopic (exact) mass is 279 g/mol. The number of unbranched alkanes of at least 4 members (excludes halogenated alkanes) is 1.